The van der Waals surface area contributed by atoms with Gasteiger partial charge in [-0.05, 0) is 40.7 Å². The second kappa shape index (κ2) is 6.53. The van der Waals surface area contributed by atoms with Gasteiger partial charge in [0.15, 0.2) is 0 Å². The maximum absolute atomic E-state index is 12.0. The minimum Gasteiger partial charge on any atom is -0.459 e. The van der Waals surface area contributed by atoms with E-state index in [0.717, 1.165) is 32.7 Å². The molecule has 0 bridgehead atoms. The lowest BCUT2D eigenvalue weighted by Gasteiger charge is -2.37. The van der Waals surface area contributed by atoms with Crippen molar-refractivity contribution < 1.29 is 9.53 Å². The summed E-state index contributed by atoms with van der Waals surface area (Å²) in [7, 11) is 0. The van der Waals surface area contributed by atoms with Gasteiger partial charge in [0, 0.05) is 26.2 Å². The van der Waals surface area contributed by atoms with Crippen molar-refractivity contribution in [2.24, 2.45) is 0 Å². The van der Waals surface area contributed by atoms with Crippen LogP contribution in [0, 0.1) is 0 Å². The molecule has 1 aliphatic heterocycles. The third-order valence-corrected chi connectivity index (χ3v) is 3.24. The lowest BCUT2D eigenvalue weighted by atomic mass is 10.1. The molecule has 0 N–H and O–H groups in total. The van der Waals surface area contributed by atoms with Crippen molar-refractivity contribution >= 4 is 5.97 Å². The number of esters is 1. The summed E-state index contributed by atoms with van der Waals surface area (Å²) < 4.78 is 5.43. The van der Waals surface area contributed by atoms with E-state index in [4.69, 9.17) is 4.74 Å². The van der Waals surface area contributed by atoms with Gasteiger partial charge >= 0.3 is 5.97 Å². The molecule has 1 aliphatic rings. The van der Waals surface area contributed by atoms with E-state index >= 15 is 0 Å². The summed E-state index contributed by atoms with van der Waals surface area (Å²) in [4.78, 5) is 16.7. The van der Waals surface area contributed by atoms with Gasteiger partial charge in [0.1, 0.15) is 11.6 Å². The first kappa shape index (κ1) is 15.4. The Balaban J connectivity index is 2.40. The maximum Gasteiger partial charge on any atom is 0.323 e. The zero-order valence-corrected chi connectivity index (χ0v) is 12.5. The summed E-state index contributed by atoms with van der Waals surface area (Å²) in [5.41, 5.74) is -0.393. The molecular formula is C14H28N2O2. The number of rotatable bonds is 4. The van der Waals surface area contributed by atoms with E-state index in [2.05, 4.69) is 16.7 Å². The van der Waals surface area contributed by atoms with Crippen LogP contribution in [0.1, 0.15) is 41.0 Å². The van der Waals surface area contributed by atoms with Crippen molar-refractivity contribution in [3.8, 4) is 0 Å². The first-order chi connectivity index (χ1) is 8.33. The lowest BCUT2D eigenvalue weighted by Crippen LogP contribution is -2.52. The molecular weight excluding hydrogens is 228 g/mol. The molecule has 0 aliphatic carbocycles. The number of piperazine rings is 1. The Bertz CT molecular complexity index is 265. The van der Waals surface area contributed by atoms with Crippen molar-refractivity contribution in [1.29, 1.82) is 0 Å². The Kier molecular flexibility index (Phi) is 5.60. The second-order valence-electron chi connectivity index (χ2n) is 6.09. The Morgan fingerprint density at radius 1 is 1.22 bits per heavy atom. The molecule has 0 aromatic rings. The summed E-state index contributed by atoms with van der Waals surface area (Å²) in [5.74, 6) is -0.105. The molecule has 0 aromatic heterocycles. The van der Waals surface area contributed by atoms with Crippen molar-refractivity contribution in [1.82, 2.24) is 9.80 Å². The van der Waals surface area contributed by atoms with Crippen LogP contribution in [0.4, 0.5) is 0 Å². The van der Waals surface area contributed by atoms with Crippen LogP contribution < -0.4 is 0 Å². The summed E-state index contributed by atoms with van der Waals surface area (Å²) in [5, 5.41) is 0. The third-order valence-electron chi connectivity index (χ3n) is 3.24. The van der Waals surface area contributed by atoms with Gasteiger partial charge in [-0.15, -0.1) is 0 Å². The zero-order chi connectivity index (χ0) is 13.8. The first-order valence-electron chi connectivity index (χ1n) is 7.02. The summed E-state index contributed by atoms with van der Waals surface area (Å²) in [6.07, 6.45) is 1.20. The molecule has 0 spiro atoms. The van der Waals surface area contributed by atoms with E-state index in [1.165, 1.54) is 6.42 Å². The third kappa shape index (κ3) is 4.94. The fourth-order valence-electron chi connectivity index (χ4n) is 2.23. The Morgan fingerprint density at radius 3 is 2.22 bits per heavy atom. The molecule has 0 radical (unpaired) electrons. The largest absolute Gasteiger partial charge is 0.459 e. The molecule has 1 saturated heterocycles. The number of hydrogen-bond acceptors (Lipinski definition) is 4. The fraction of sp³-hybridized carbons (Fsp3) is 0.929. The maximum atomic E-state index is 12.0. The van der Waals surface area contributed by atoms with Gasteiger partial charge in [-0.25, -0.2) is 0 Å². The fourth-order valence-corrected chi connectivity index (χ4v) is 2.23. The van der Waals surface area contributed by atoms with E-state index in [9.17, 15) is 4.79 Å². The van der Waals surface area contributed by atoms with Crippen LogP contribution >= 0.6 is 0 Å². The predicted molar refractivity (Wildman–Crippen MR) is 73.6 cm³/mol. The van der Waals surface area contributed by atoms with Crippen molar-refractivity contribution in [2.45, 2.75) is 52.7 Å². The smallest absolute Gasteiger partial charge is 0.323 e. The van der Waals surface area contributed by atoms with Crippen LogP contribution in [0.15, 0.2) is 0 Å². The average molecular weight is 256 g/mol. The van der Waals surface area contributed by atoms with Crippen molar-refractivity contribution in [2.75, 3.05) is 32.7 Å². The molecule has 0 aromatic carbocycles. The van der Waals surface area contributed by atoms with Gasteiger partial charge in [-0.1, -0.05) is 6.92 Å². The minimum atomic E-state index is -0.393. The van der Waals surface area contributed by atoms with Crippen molar-refractivity contribution in [3.05, 3.63) is 0 Å². The molecule has 1 fully saturated rings. The van der Waals surface area contributed by atoms with Gasteiger partial charge in [-0.2, -0.15) is 0 Å². The molecule has 0 amide bonds. The van der Waals surface area contributed by atoms with Crippen LogP contribution in [-0.2, 0) is 9.53 Å². The van der Waals surface area contributed by atoms with Crippen LogP contribution in [0.2, 0.25) is 0 Å². The Morgan fingerprint density at radius 2 is 1.78 bits per heavy atom. The number of nitrogens with zero attached hydrogens (tertiary/aromatic N) is 2. The monoisotopic (exact) mass is 256 g/mol. The molecule has 18 heavy (non-hydrogen) atoms. The van der Waals surface area contributed by atoms with Crippen LogP contribution in [0.5, 0.6) is 0 Å². The number of ether oxygens (including phenoxy) is 1. The molecule has 4 nitrogen and oxygen atoms in total. The number of carbonyl (C=O) groups excluding carboxylic acids is 1. The summed E-state index contributed by atoms with van der Waals surface area (Å²) >= 11 is 0. The summed E-state index contributed by atoms with van der Waals surface area (Å²) in [6, 6.07) is -0.131. The zero-order valence-electron chi connectivity index (χ0n) is 12.5. The van der Waals surface area contributed by atoms with Gasteiger partial charge in [0.2, 0.25) is 0 Å². The highest BCUT2D eigenvalue weighted by molar-refractivity contribution is 5.75. The van der Waals surface area contributed by atoms with Gasteiger partial charge < -0.3 is 9.64 Å². The lowest BCUT2D eigenvalue weighted by molar-refractivity contribution is -0.161. The van der Waals surface area contributed by atoms with Crippen LogP contribution in [0.25, 0.3) is 0 Å². The quantitative estimate of drug-likeness (QED) is 0.717. The highest BCUT2D eigenvalue weighted by atomic mass is 16.6. The van der Waals surface area contributed by atoms with E-state index in [0.29, 0.717) is 0 Å². The molecule has 1 heterocycles. The molecule has 1 atom stereocenters. The first-order valence-corrected chi connectivity index (χ1v) is 7.02. The van der Waals surface area contributed by atoms with Gasteiger partial charge in [0.25, 0.3) is 0 Å². The topological polar surface area (TPSA) is 32.8 Å². The minimum absolute atomic E-state index is 0.105. The number of hydrogen-bond donors (Lipinski definition) is 0. The Hall–Kier alpha value is -0.610. The number of carbonyl (C=O) groups is 1. The van der Waals surface area contributed by atoms with E-state index in [-0.39, 0.29) is 12.0 Å². The second-order valence-corrected chi connectivity index (χ2v) is 6.09. The molecule has 106 valence electrons. The van der Waals surface area contributed by atoms with E-state index < -0.39 is 5.60 Å². The van der Waals surface area contributed by atoms with Gasteiger partial charge in [0.05, 0.1) is 0 Å². The van der Waals surface area contributed by atoms with Crippen LogP contribution in [0.3, 0.4) is 0 Å². The van der Waals surface area contributed by atoms with E-state index in [1.54, 1.807) is 0 Å². The molecule has 4 heteroatoms. The van der Waals surface area contributed by atoms with Crippen LogP contribution in [-0.4, -0.2) is 60.1 Å². The SMILES string of the molecule is CCCN1CCN(C(C)C(=O)OC(C)(C)C)CC1. The summed E-state index contributed by atoms with van der Waals surface area (Å²) in [6.45, 7) is 15.1. The van der Waals surface area contributed by atoms with Crippen molar-refractivity contribution in [3.63, 3.8) is 0 Å². The highest BCUT2D eigenvalue weighted by Crippen LogP contribution is 2.13. The Labute approximate surface area is 111 Å². The molecule has 1 rings (SSSR count). The average Bonchev–Trinajstić information content (AvgIpc) is 2.27. The van der Waals surface area contributed by atoms with Gasteiger partial charge in [-0.3, -0.25) is 9.69 Å². The standard InChI is InChI=1S/C14H28N2O2/c1-6-7-15-8-10-16(11-9-15)12(2)13(17)18-14(3,4)5/h12H,6-11H2,1-5H3. The molecule has 1 unspecified atom stereocenters. The molecule has 0 saturated carbocycles. The highest BCUT2D eigenvalue weighted by Gasteiger charge is 2.28. The predicted octanol–water partition coefficient (Wildman–Crippen LogP) is 1.74. The normalized spacial score (nSPS) is 20.7. The van der Waals surface area contributed by atoms with E-state index in [1.807, 2.05) is 27.7 Å².